The van der Waals surface area contributed by atoms with Gasteiger partial charge in [-0.2, -0.15) is 0 Å². The number of hydrogen-bond acceptors (Lipinski definition) is 4. The molecule has 1 aliphatic rings. The molecule has 5 rings (SSSR count). The fourth-order valence-corrected chi connectivity index (χ4v) is 4.47. The van der Waals surface area contributed by atoms with Gasteiger partial charge in [-0.15, -0.1) is 0 Å². The lowest BCUT2D eigenvalue weighted by Crippen LogP contribution is -2.39. The van der Waals surface area contributed by atoms with E-state index < -0.39 is 0 Å². The maximum atomic E-state index is 13.1. The molecule has 0 radical (unpaired) electrons. The van der Waals surface area contributed by atoms with E-state index in [0.29, 0.717) is 28.0 Å². The Kier molecular flexibility index (Phi) is 5.02. The maximum Gasteiger partial charge on any atom is 0.265 e. The predicted octanol–water partition coefficient (Wildman–Crippen LogP) is 5.13. The second kappa shape index (κ2) is 8.00. The van der Waals surface area contributed by atoms with Crippen LogP contribution in [-0.4, -0.2) is 18.6 Å². The van der Waals surface area contributed by atoms with Gasteiger partial charge in [0.05, 0.1) is 10.9 Å². The van der Waals surface area contributed by atoms with Gasteiger partial charge in [0.1, 0.15) is 17.1 Å². The lowest BCUT2D eigenvalue weighted by atomic mass is 10.0. The molecule has 2 heterocycles. The van der Waals surface area contributed by atoms with Gasteiger partial charge in [-0.05, 0) is 49.6 Å². The number of aryl methyl sites for hydroxylation is 1. The summed E-state index contributed by atoms with van der Waals surface area (Å²) in [4.78, 5) is 27.8. The van der Waals surface area contributed by atoms with Crippen LogP contribution in [0.3, 0.4) is 0 Å². The number of ether oxygens (including phenoxy) is 1. The number of anilines is 1. The molecule has 5 heteroatoms. The average Bonchev–Trinajstić information content (AvgIpc) is 3.13. The van der Waals surface area contributed by atoms with E-state index in [0.717, 1.165) is 17.7 Å². The fourth-order valence-electron chi connectivity index (χ4n) is 4.47. The normalized spacial score (nSPS) is 15.1. The number of amides is 1. The van der Waals surface area contributed by atoms with Crippen LogP contribution in [0.2, 0.25) is 0 Å². The van der Waals surface area contributed by atoms with Crippen molar-refractivity contribution < 1.29 is 13.9 Å². The topological polar surface area (TPSA) is 59.8 Å². The largest absolute Gasteiger partial charge is 0.484 e. The molecular formula is C27H23NO4. The molecule has 4 aromatic rings. The van der Waals surface area contributed by atoms with Gasteiger partial charge in [0, 0.05) is 17.8 Å². The third-order valence-electron chi connectivity index (χ3n) is 5.94. The van der Waals surface area contributed by atoms with E-state index in [1.54, 1.807) is 30.0 Å². The van der Waals surface area contributed by atoms with Crippen LogP contribution in [0.1, 0.15) is 18.2 Å². The third-order valence-corrected chi connectivity index (χ3v) is 5.94. The van der Waals surface area contributed by atoms with Gasteiger partial charge in [-0.1, -0.05) is 48.5 Å². The van der Waals surface area contributed by atoms with Gasteiger partial charge >= 0.3 is 0 Å². The smallest absolute Gasteiger partial charge is 0.265 e. The van der Waals surface area contributed by atoms with Crippen LogP contribution in [0, 0.1) is 6.92 Å². The second-order valence-corrected chi connectivity index (χ2v) is 8.12. The lowest BCUT2D eigenvalue weighted by Gasteiger charge is -2.22. The quantitative estimate of drug-likeness (QED) is 0.455. The molecule has 0 aliphatic carbocycles. The summed E-state index contributed by atoms with van der Waals surface area (Å²) in [5, 5.41) is 0.482. The number of nitrogens with zero attached hydrogens (tertiary/aromatic N) is 1. The molecule has 0 fully saturated rings. The molecule has 5 nitrogen and oxygen atoms in total. The van der Waals surface area contributed by atoms with Crippen LogP contribution >= 0.6 is 0 Å². The third kappa shape index (κ3) is 3.46. The molecule has 0 N–H and O–H groups in total. The highest BCUT2D eigenvalue weighted by Gasteiger charge is 2.30. The highest BCUT2D eigenvalue weighted by molar-refractivity contribution is 5.97. The number of benzene rings is 3. The molecule has 1 aliphatic heterocycles. The summed E-state index contributed by atoms with van der Waals surface area (Å²) in [5.41, 5.74) is 3.86. The Hall–Kier alpha value is -3.86. The van der Waals surface area contributed by atoms with Crippen molar-refractivity contribution in [2.45, 2.75) is 26.3 Å². The molecule has 0 saturated carbocycles. The number of rotatable bonds is 4. The Labute approximate surface area is 185 Å². The van der Waals surface area contributed by atoms with Crippen molar-refractivity contribution in [3.63, 3.8) is 0 Å². The Bertz CT molecular complexity index is 1370. The van der Waals surface area contributed by atoms with Crippen LogP contribution in [0.25, 0.3) is 22.1 Å². The minimum Gasteiger partial charge on any atom is -0.484 e. The van der Waals surface area contributed by atoms with Crippen molar-refractivity contribution in [2.75, 3.05) is 11.5 Å². The van der Waals surface area contributed by atoms with Crippen LogP contribution in [0.5, 0.6) is 5.75 Å². The highest BCUT2D eigenvalue weighted by atomic mass is 16.5. The predicted molar refractivity (Wildman–Crippen MR) is 125 cm³/mol. The van der Waals surface area contributed by atoms with Gasteiger partial charge in [0.2, 0.25) is 5.43 Å². The molecule has 1 aromatic heterocycles. The van der Waals surface area contributed by atoms with Gasteiger partial charge in [0.25, 0.3) is 5.91 Å². The minimum atomic E-state index is -0.0976. The summed E-state index contributed by atoms with van der Waals surface area (Å²) in [6, 6.07) is 22.6. The number of carbonyl (C=O) groups excluding carboxylic acids is 1. The number of para-hydroxylation sites is 1. The van der Waals surface area contributed by atoms with Crippen molar-refractivity contribution in [3.8, 4) is 16.9 Å². The summed E-state index contributed by atoms with van der Waals surface area (Å²) in [5.74, 6) is 0.935. The zero-order chi connectivity index (χ0) is 22.2. The molecule has 3 aromatic carbocycles. The van der Waals surface area contributed by atoms with Crippen molar-refractivity contribution >= 4 is 22.6 Å². The summed E-state index contributed by atoms with van der Waals surface area (Å²) in [7, 11) is 0. The standard InChI is InChI=1S/C27H23NO4/c1-17-14-20-10-6-7-11-23(20)28(17)25(29)16-31-21-12-13-22-24(15-21)32-18(2)26(27(22)30)19-8-4-3-5-9-19/h3-13,15,17H,14,16H2,1-2H3/t17-/m0/s1. The Balaban J connectivity index is 1.39. The monoisotopic (exact) mass is 425 g/mol. The molecule has 160 valence electrons. The summed E-state index contributed by atoms with van der Waals surface area (Å²) in [6.45, 7) is 3.73. The van der Waals surface area contributed by atoms with Crippen LogP contribution in [0.4, 0.5) is 5.69 Å². The molecule has 0 unspecified atom stereocenters. The fraction of sp³-hybridized carbons (Fsp3) is 0.185. The maximum absolute atomic E-state index is 13.1. The first-order chi connectivity index (χ1) is 15.5. The van der Waals surface area contributed by atoms with E-state index in [9.17, 15) is 9.59 Å². The van der Waals surface area contributed by atoms with Gasteiger partial charge in [0.15, 0.2) is 6.61 Å². The van der Waals surface area contributed by atoms with E-state index in [-0.39, 0.29) is 24.0 Å². The summed E-state index contributed by atoms with van der Waals surface area (Å²) >= 11 is 0. The first-order valence-corrected chi connectivity index (χ1v) is 10.7. The first-order valence-electron chi connectivity index (χ1n) is 10.7. The van der Waals surface area contributed by atoms with E-state index in [1.807, 2.05) is 55.5 Å². The van der Waals surface area contributed by atoms with Crippen LogP contribution < -0.4 is 15.1 Å². The van der Waals surface area contributed by atoms with Crippen molar-refractivity contribution in [1.82, 2.24) is 0 Å². The van der Waals surface area contributed by atoms with Crippen molar-refractivity contribution in [2.24, 2.45) is 0 Å². The van der Waals surface area contributed by atoms with Crippen molar-refractivity contribution in [3.05, 3.63) is 94.3 Å². The van der Waals surface area contributed by atoms with Gasteiger partial charge < -0.3 is 14.1 Å². The molecule has 0 bridgehead atoms. The second-order valence-electron chi connectivity index (χ2n) is 8.12. The molecule has 0 spiro atoms. The Morgan fingerprint density at radius 1 is 1.06 bits per heavy atom. The minimum absolute atomic E-state index is 0.0833. The first kappa shape index (κ1) is 20.1. The number of fused-ring (bicyclic) bond motifs is 2. The SMILES string of the molecule is Cc1oc2cc(OCC(=O)N3c4ccccc4C[C@@H]3C)ccc2c(=O)c1-c1ccccc1. The number of hydrogen-bond donors (Lipinski definition) is 0. The zero-order valence-corrected chi connectivity index (χ0v) is 18.0. The van der Waals surface area contributed by atoms with E-state index in [4.69, 9.17) is 9.15 Å². The van der Waals surface area contributed by atoms with E-state index >= 15 is 0 Å². The van der Waals surface area contributed by atoms with Gasteiger partial charge in [-0.25, -0.2) is 0 Å². The van der Waals surface area contributed by atoms with Crippen LogP contribution in [0.15, 0.2) is 82.0 Å². The van der Waals surface area contributed by atoms with Crippen LogP contribution in [-0.2, 0) is 11.2 Å². The average molecular weight is 425 g/mol. The molecule has 0 saturated heterocycles. The number of carbonyl (C=O) groups is 1. The molecular weight excluding hydrogens is 402 g/mol. The zero-order valence-electron chi connectivity index (χ0n) is 18.0. The highest BCUT2D eigenvalue weighted by Crippen LogP contribution is 2.32. The molecule has 32 heavy (non-hydrogen) atoms. The Morgan fingerprint density at radius 3 is 2.62 bits per heavy atom. The molecule has 1 amide bonds. The van der Waals surface area contributed by atoms with E-state index in [2.05, 4.69) is 6.07 Å². The Morgan fingerprint density at radius 2 is 1.81 bits per heavy atom. The van der Waals surface area contributed by atoms with Gasteiger partial charge in [-0.3, -0.25) is 9.59 Å². The van der Waals surface area contributed by atoms with E-state index in [1.165, 1.54) is 5.56 Å². The molecule has 1 atom stereocenters. The summed E-state index contributed by atoms with van der Waals surface area (Å²) < 4.78 is 11.8. The summed E-state index contributed by atoms with van der Waals surface area (Å²) in [6.07, 6.45) is 0.839. The van der Waals surface area contributed by atoms with Crippen molar-refractivity contribution in [1.29, 1.82) is 0 Å². The lowest BCUT2D eigenvalue weighted by molar-refractivity contribution is -0.120.